The predicted octanol–water partition coefficient (Wildman–Crippen LogP) is -0.391. The van der Waals surface area contributed by atoms with Gasteiger partial charge in [-0.3, -0.25) is 4.79 Å². The average Bonchev–Trinajstić information content (AvgIpc) is 3.12. The van der Waals surface area contributed by atoms with Crippen LogP contribution in [0, 0.1) is 0 Å². The first kappa shape index (κ1) is 13.8. The second-order valence-electron chi connectivity index (χ2n) is 4.51. The Balaban J connectivity index is 2.08. The minimum absolute atomic E-state index is 0.0928. The first-order valence-corrected chi connectivity index (χ1v) is 7.41. The Kier molecular flexibility index (Phi) is 3.72. The van der Waals surface area contributed by atoms with Gasteiger partial charge < -0.3 is 11.1 Å². The maximum atomic E-state index is 12.1. The fourth-order valence-corrected chi connectivity index (χ4v) is 2.82. The number of amides is 1. The molecule has 1 aromatic rings. The highest BCUT2D eigenvalue weighted by Crippen LogP contribution is 2.19. The van der Waals surface area contributed by atoms with E-state index in [1.807, 2.05) is 0 Å². The normalized spacial score (nSPS) is 16.9. The summed E-state index contributed by atoms with van der Waals surface area (Å²) in [6.07, 6.45) is 3.29. The predicted molar refractivity (Wildman–Crippen MR) is 69.6 cm³/mol. The standard InChI is InChI=1S/C11H16N4O3S/c1-7(11(16)14-8-4-5-8)15-19(17,18)9-3-2-6-13-10(9)12/h2-3,6-8,15H,4-5H2,1H3,(H2,12,13)(H,14,16). The Morgan fingerprint density at radius 1 is 1.53 bits per heavy atom. The molecule has 7 nitrogen and oxygen atoms in total. The molecule has 4 N–H and O–H groups in total. The van der Waals surface area contributed by atoms with E-state index < -0.39 is 16.1 Å². The van der Waals surface area contributed by atoms with Gasteiger partial charge in [0.1, 0.15) is 10.7 Å². The van der Waals surface area contributed by atoms with Crippen LogP contribution in [0.15, 0.2) is 23.2 Å². The molecule has 104 valence electrons. The summed E-state index contributed by atoms with van der Waals surface area (Å²) in [7, 11) is -3.85. The zero-order valence-electron chi connectivity index (χ0n) is 10.5. The van der Waals surface area contributed by atoms with Gasteiger partial charge in [-0.2, -0.15) is 4.72 Å². The van der Waals surface area contributed by atoms with Crippen molar-refractivity contribution in [1.82, 2.24) is 15.0 Å². The van der Waals surface area contributed by atoms with E-state index in [9.17, 15) is 13.2 Å². The Hall–Kier alpha value is -1.67. The van der Waals surface area contributed by atoms with Gasteiger partial charge in [0.25, 0.3) is 0 Å². The molecule has 0 bridgehead atoms. The number of anilines is 1. The topological polar surface area (TPSA) is 114 Å². The molecule has 1 aliphatic carbocycles. The quantitative estimate of drug-likeness (QED) is 0.681. The number of nitrogens with one attached hydrogen (secondary N) is 2. The highest BCUT2D eigenvalue weighted by molar-refractivity contribution is 7.89. The summed E-state index contributed by atoms with van der Waals surface area (Å²) >= 11 is 0. The van der Waals surface area contributed by atoms with Gasteiger partial charge in [0.2, 0.25) is 15.9 Å². The molecule has 2 rings (SSSR count). The van der Waals surface area contributed by atoms with E-state index in [4.69, 9.17) is 5.73 Å². The maximum Gasteiger partial charge on any atom is 0.244 e. The van der Waals surface area contributed by atoms with Gasteiger partial charge in [-0.25, -0.2) is 13.4 Å². The van der Waals surface area contributed by atoms with Crippen LogP contribution < -0.4 is 15.8 Å². The number of aromatic nitrogens is 1. The zero-order valence-corrected chi connectivity index (χ0v) is 11.3. The molecule has 0 aliphatic heterocycles. The van der Waals surface area contributed by atoms with E-state index in [0.717, 1.165) is 12.8 Å². The lowest BCUT2D eigenvalue weighted by atomic mass is 10.3. The fraction of sp³-hybridized carbons (Fsp3) is 0.455. The summed E-state index contributed by atoms with van der Waals surface area (Å²) in [4.78, 5) is 15.3. The maximum absolute atomic E-state index is 12.1. The number of rotatable bonds is 5. The van der Waals surface area contributed by atoms with Gasteiger partial charge in [0.15, 0.2) is 0 Å². The largest absolute Gasteiger partial charge is 0.383 e. The Bertz CT molecular complexity index is 583. The molecule has 0 aromatic carbocycles. The second-order valence-corrected chi connectivity index (χ2v) is 6.20. The van der Waals surface area contributed by atoms with Crippen LogP contribution in [0.5, 0.6) is 0 Å². The lowest BCUT2D eigenvalue weighted by Crippen LogP contribution is -2.45. The first-order chi connectivity index (χ1) is 8.90. The molecule has 0 radical (unpaired) electrons. The SMILES string of the molecule is CC(NS(=O)(=O)c1cccnc1N)C(=O)NC1CC1. The summed E-state index contributed by atoms with van der Waals surface area (Å²) in [6, 6.07) is 2.14. The number of nitrogen functional groups attached to an aromatic ring is 1. The number of hydrogen-bond acceptors (Lipinski definition) is 5. The highest BCUT2D eigenvalue weighted by Gasteiger charge is 2.28. The molecular formula is C11H16N4O3S. The zero-order chi connectivity index (χ0) is 14.0. The van der Waals surface area contributed by atoms with E-state index >= 15 is 0 Å². The Morgan fingerprint density at radius 3 is 2.79 bits per heavy atom. The van der Waals surface area contributed by atoms with Crippen molar-refractivity contribution in [3.8, 4) is 0 Å². The number of pyridine rings is 1. The molecule has 1 atom stereocenters. The lowest BCUT2D eigenvalue weighted by molar-refractivity contribution is -0.122. The van der Waals surface area contributed by atoms with Crippen molar-refractivity contribution in [3.05, 3.63) is 18.3 Å². The number of carbonyl (C=O) groups excluding carboxylic acids is 1. The van der Waals surface area contributed by atoms with Crippen LogP contribution in [0.2, 0.25) is 0 Å². The third-order valence-corrected chi connectivity index (χ3v) is 4.33. The highest BCUT2D eigenvalue weighted by atomic mass is 32.2. The summed E-state index contributed by atoms with van der Waals surface area (Å²) in [5.41, 5.74) is 5.52. The van der Waals surface area contributed by atoms with Gasteiger partial charge in [0, 0.05) is 12.2 Å². The van der Waals surface area contributed by atoms with Crippen LogP contribution >= 0.6 is 0 Å². The number of sulfonamides is 1. The van der Waals surface area contributed by atoms with Crippen LogP contribution in [0.25, 0.3) is 0 Å². The molecule has 8 heteroatoms. The minimum Gasteiger partial charge on any atom is -0.383 e. The average molecular weight is 284 g/mol. The molecule has 1 heterocycles. The number of nitrogens with zero attached hydrogens (tertiary/aromatic N) is 1. The third-order valence-electron chi connectivity index (χ3n) is 2.74. The second kappa shape index (κ2) is 5.14. The van der Waals surface area contributed by atoms with Crippen molar-refractivity contribution in [2.45, 2.75) is 36.7 Å². The van der Waals surface area contributed by atoms with Crippen LogP contribution in [-0.4, -0.2) is 31.4 Å². The van der Waals surface area contributed by atoms with Crippen molar-refractivity contribution in [2.24, 2.45) is 0 Å². The van der Waals surface area contributed by atoms with Gasteiger partial charge in [-0.1, -0.05) is 0 Å². The van der Waals surface area contributed by atoms with Gasteiger partial charge in [-0.05, 0) is 31.9 Å². The summed E-state index contributed by atoms with van der Waals surface area (Å²) < 4.78 is 26.4. The molecular weight excluding hydrogens is 268 g/mol. The fourth-order valence-electron chi connectivity index (χ4n) is 1.53. The van der Waals surface area contributed by atoms with E-state index in [1.54, 1.807) is 0 Å². The van der Waals surface area contributed by atoms with Crippen molar-refractivity contribution in [2.75, 3.05) is 5.73 Å². The van der Waals surface area contributed by atoms with Gasteiger partial charge >= 0.3 is 0 Å². The van der Waals surface area contributed by atoms with Crippen molar-refractivity contribution in [1.29, 1.82) is 0 Å². The van der Waals surface area contributed by atoms with E-state index in [-0.39, 0.29) is 22.7 Å². The molecule has 19 heavy (non-hydrogen) atoms. The van der Waals surface area contributed by atoms with E-state index in [0.29, 0.717) is 0 Å². The molecule has 1 aromatic heterocycles. The van der Waals surface area contributed by atoms with Gasteiger partial charge in [0.05, 0.1) is 6.04 Å². The molecule has 0 saturated heterocycles. The lowest BCUT2D eigenvalue weighted by Gasteiger charge is -2.14. The van der Waals surface area contributed by atoms with E-state index in [1.165, 1.54) is 25.3 Å². The number of nitrogens with two attached hydrogens (primary N) is 1. The molecule has 1 unspecified atom stereocenters. The van der Waals surface area contributed by atoms with Crippen molar-refractivity contribution >= 4 is 21.7 Å². The van der Waals surface area contributed by atoms with Crippen molar-refractivity contribution < 1.29 is 13.2 Å². The van der Waals surface area contributed by atoms with Crippen LogP contribution in [0.3, 0.4) is 0 Å². The van der Waals surface area contributed by atoms with Crippen LogP contribution in [0.1, 0.15) is 19.8 Å². The Labute approximate surface area is 111 Å². The van der Waals surface area contributed by atoms with Crippen molar-refractivity contribution in [3.63, 3.8) is 0 Å². The monoisotopic (exact) mass is 284 g/mol. The summed E-state index contributed by atoms with van der Waals surface area (Å²) in [5.74, 6) is -0.432. The van der Waals surface area contributed by atoms with Gasteiger partial charge in [-0.15, -0.1) is 0 Å². The third kappa shape index (κ3) is 3.42. The van der Waals surface area contributed by atoms with E-state index in [2.05, 4.69) is 15.0 Å². The smallest absolute Gasteiger partial charge is 0.244 e. The first-order valence-electron chi connectivity index (χ1n) is 5.93. The molecule has 1 aliphatic rings. The number of hydrogen-bond donors (Lipinski definition) is 3. The molecule has 1 amide bonds. The molecule has 1 fully saturated rings. The molecule has 1 saturated carbocycles. The molecule has 0 spiro atoms. The Morgan fingerprint density at radius 2 is 2.21 bits per heavy atom. The summed E-state index contributed by atoms with van der Waals surface area (Å²) in [5, 5.41) is 2.73. The minimum atomic E-state index is -3.85. The van der Waals surface area contributed by atoms with Crippen LogP contribution in [-0.2, 0) is 14.8 Å². The number of carbonyl (C=O) groups is 1. The summed E-state index contributed by atoms with van der Waals surface area (Å²) in [6.45, 7) is 1.49. The van der Waals surface area contributed by atoms with Crippen LogP contribution in [0.4, 0.5) is 5.82 Å².